The number of rotatable bonds is 4. The fourth-order valence-corrected chi connectivity index (χ4v) is 2.80. The minimum atomic E-state index is 0.507. The number of hydrogen-bond donors (Lipinski definition) is 0. The van der Waals surface area contributed by atoms with Crippen molar-refractivity contribution in [1.29, 1.82) is 0 Å². The molecule has 0 atom stereocenters. The van der Waals surface area contributed by atoms with E-state index in [1.165, 1.54) is 19.3 Å². The molecule has 0 aromatic carbocycles. The van der Waals surface area contributed by atoms with Gasteiger partial charge in [-0.25, -0.2) is 4.98 Å². The number of nitrogens with zero attached hydrogens (tertiary/aromatic N) is 2. The Kier molecular flexibility index (Phi) is 3.93. The van der Waals surface area contributed by atoms with Crippen LogP contribution in [0, 0.1) is 5.41 Å². The van der Waals surface area contributed by atoms with Crippen molar-refractivity contribution in [1.82, 2.24) is 4.98 Å². The van der Waals surface area contributed by atoms with E-state index in [-0.39, 0.29) is 0 Å². The zero-order chi connectivity index (χ0) is 12.3. The highest BCUT2D eigenvalue weighted by atomic mass is 35.5. The topological polar surface area (TPSA) is 16.1 Å². The van der Waals surface area contributed by atoms with Gasteiger partial charge in [-0.3, -0.25) is 0 Å². The van der Waals surface area contributed by atoms with Crippen LogP contribution in [0.2, 0.25) is 0 Å². The van der Waals surface area contributed by atoms with Gasteiger partial charge in [0.2, 0.25) is 0 Å². The predicted molar refractivity (Wildman–Crippen MR) is 73.6 cm³/mol. The first kappa shape index (κ1) is 12.7. The van der Waals surface area contributed by atoms with E-state index in [1.807, 2.05) is 6.20 Å². The molecule has 0 spiro atoms. The predicted octanol–water partition coefficient (Wildman–Crippen LogP) is 3.84. The third-order valence-corrected chi connectivity index (χ3v) is 4.53. The number of hydrogen-bond acceptors (Lipinski definition) is 2. The molecule has 0 saturated carbocycles. The normalized spacial score (nSPS) is 18.6. The molecular weight excluding hydrogens is 232 g/mol. The number of pyridine rings is 1. The molecule has 0 unspecified atom stereocenters. The van der Waals surface area contributed by atoms with E-state index in [9.17, 15) is 0 Å². The summed E-state index contributed by atoms with van der Waals surface area (Å²) in [6, 6.07) is 4.17. The van der Waals surface area contributed by atoms with Crippen molar-refractivity contribution in [3.8, 4) is 0 Å². The summed E-state index contributed by atoms with van der Waals surface area (Å²) in [5.74, 6) is 1.64. The minimum Gasteiger partial charge on any atom is -0.356 e. The Labute approximate surface area is 109 Å². The summed E-state index contributed by atoms with van der Waals surface area (Å²) in [6.45, 7) is 6.89. The molecule has 94 valence electrons. The van der Waals surface area contributed by atoms with Crippen molar-refractivity contribution in [3.05, 3.63) is 23.9 Å². The van der Waals surface area contributed by atoms with Gasteiger partial charge in [0.1, 0.15) is 5.82 Å². The maximum atomic E-state index is 5.78. The van der Waals surface area contributed by atoms with Gasteiger partial charge in [0.15, 0.2) is 0 Å². The van der Waals surface area contributed by atoms with Crippen molar-refractivity contribution in [2.45, 2.75) is 39.0 Å². The van der Waals surface area contributed by atoms with Crippen LogP contribution in [-0.4, -0.2) is 18.1 Å². The van der Waals surface area contributed by atoms with Crippen LogP contribution in [0.3, 0.4) is 0 Å². The van der Waals surface area contributed by atoms with Gasteiger partial charge >= 0.3 is 0 Å². The van der Waals surface area contributed by atoms with Crippen LogP contribution in [0.4, 0.5) is 5.82 Å². The summed E-state index contributed by atoms with van der Waals surface area (Å²) in [4.78, 5) is 6.91. The average Bonchev–Trinajstić information content (AvgIpc) is 2.84. The Morgan fingerprint density at radius 2 is 2.12 bits per heavy atom. The van der Waals surface area contributed by atoms with Gasteiger partial charge in [-0.05, 0) is 36.3 Å². The first-order valence-electron chi connectivity index (χ1n) is 6.49. The molecule has 0 radical (unpaired) electrons. The van der Waals surface area contributed by atoms with E-state index in [4.69, 9.17) is 11.6 Å². The van der Waals surface area contributed by atoms with Crippen molar-refractivity contribution < 1.29 is 0 Å². The van der Waals surface area contributed by atoms with E-state index < -0.39 is 0 Å². The smallest absolute Gasteiger partial charge is 0.128 e. The van der Waals surface area contributed by atoms with Crippen LogP contribution >= 0.6 is 11.6 Å². The van der Waals surface area contributed by atoms with Crippen molar-refractivity contribution >= 4 is 17.4 Å². The molecule has 1 aliphatic heterocycles. The van der Waals surface area contributed by atoms with Crippen LogP contribution in [0.25, 0.3) is 0 Å². The molecule has 0 amide bonds. The molecule has 0 N–H and O–H groups in total. The lowest BCUT2D eigenvalue weighted by atomic mass is 9.82. The molecule has 1 aromatic heterocycles. The van der Waals surface area contributed by atoms with E-state index in [2.05, 4.69) is 35.9 Å². The molecule has 3 heteroatoms. The number of anilines is 1. The first-order chi connectivity index (χ1) is 8.23. The Bertz CT molecular complexity index is 357. The van der Waals surface area contributed by atoms with Crippen LogP contribution in [0.5, 0.6) is 0 Å². The van der Waals surface area contributed by atoms with Crippen molar-refractivity contribution in [3.63, 3.8) is 0 Å². The molecule has 0 aliphatic carbocycles. The lowest BCUT2D eigenvalue weighted by Crippen LogP contribution is -2.26. The van der Waals surface area contributed by atoms with Gasteiger partial charge in [-0.15, -0.1) is 11.6 Å². The highest BCUT2D eigenvalue weighted by Crippen LogP contribution is 2.38. The molecule has 1 fully saturated rings. The highest BCUT2D eigenvalue weighted by molar-refractivity contribution is 6.17. The summed E-state index contributed by atoms with van der Waals surface area (Å²) >= 11 is 5.78. The number of halogens is 1. The van der Waals surface area contributed by atoms with Crippen LogP contribution in [-0.2, 0) is 5.88 Å². The summed E-state index contributed by atoms with van der Waals surface area (Å²) in [5, 5.41) is 0. The van der Waals surface area contributed by atoms with Gasteiger partial charge < -0.3 is 4.90 Å². The lowest BCUT2D eigenvalue weighted by Gasteiger charge is -2.26. The molecular formula is C14H21ClN2. The van der Waals surface area contributed by atoms with Crippen molar-refractivity contribution in [2.75, 3.05) is 18.0 Å². The Hall–Kier alpha value is -0.760. The third-order valence-electron chi connectivity index (χ3n) is 4.23. The largest absolute Gasteiger partial charge is 0.356 e. The monoisotopic (exact) mass is 252 g/mol. The molecule has 2 heterocycles. The fourth-order valence-electron chi connectivity index (χ4n) is 2.64. The molecule has 2 rings (SSSR count). The first-order valence-corrected chi connectivity index (χ1v) is 7.02. The second-order valence-electron chi connectivity index (χ2n) is 5.04. The third kappa shape index (κ3) is 2.57. The summed E-state index contributed by atoms with van der Waals surface area (Å²) in [6.07, 6.45) is 5.71. The maximum Gasteiger partial charge on any atom is 0.128 e. The zero-order valence-electron chi connectivity index (χ0n) is 10.7. The van der Waals surface area contributed by atoms with Crippen LogP contribution in [0.1, 0.15) is 38.7 Å². The average molecular weight is 253 g/mol. The Morgan fingerprint density at radius 3 is 2.59 bits per heavy atom. The SMILES string of the molecule is CCC1(CC)CCN(c2ccc(CCl)cn2)C1. The molecule has 2 nitrogen and oxygen atoms in total. The fraction of sp³-hybridized carbons (Fsp3) is 0.643. The molecule has 17 heavy (non-hydrogen) atoms. The van der Waals surface area contributed by atoms with E-state index in [0.717, 1.165) is 24.5 Å². The standard InChI is InChI=1S/C14H21ClN2/c1-3-14(4-2)7-8-17(11-14)13-6-5-12(9-15)10-16-13/h5-6,10H,3-4,7-9,11H2,1-2H3. The summed E-state index contributed by atoms with van der Waals surface area (Å²) < 4.78 is 0. The second kappa shape index (κ2) is 5.26. The van der Waals surface area contributed by atoms with Gasteiger partial charge in [0.25, 0.3) is 0 Å². The summed E-state index contributed by atoms with van der Waals surface area (Å²) in [7, 11) is 0. The second-order valence-corrected chi connectivity index (χ2v) is 5.30. The zero-order valence-corrected chi connectivity index (χ0v) is 11.5. The van der Waals surface area contributed by atoms with Gasteiger partial charge in [-0.1, -0.05) is 19.9 Å². The lowest BCUT2D eigenvalue weighted by molar-refractivity contribution is 0.301. The van der Waals surface area contributed by atoms with Gasteiger partial charge in [-0.2, -0.15) is 0 Å². The van der Waals surface area contributed by atoms with Crippen molar-refractivity contribution in [2.24, 2.45) is 5.41 Å². The number of aromatic nitrogens is 1. The van der Waals surface area contributed by atoms with Gasteiger partial charge in [0.05, 0.1) is 0 Å². The summed E-state index contributed by atoms with van der Waals surface area (Å²) in [5.41, 5.74) is 1.60. The van der Waals surface area contributed by atoms with E-state index >= 15 is 0 Å². The molecule has 0 bridgehead atoms. The Balaban J connectivity index is 2.09. The van der Waals surface area contributed by atoms with Gasteiger partial charge in [0, 0.05) is 25.2 Å². The molecule has 1 aliphatic rings. The van der Waals surface area contributed by atoms with E-state index in [1.54, 1.807) is 0 Å². The Morgan fingerprint density at radius 1 is 1.35 bits per heavy atom. The molecule has 1 saturated heterocycles. The quantitative estimate of drug-likeness (QED) is 0.757. The van der Waals surface area contributed by atoms with Crippen LogP contribution in [0.15, 0.2) is 18.3 Å². The van der Waals surface area contributed by atoms with E-state index in [0.29, 0.717) is 11.3 Å². The number of alkyl halides is 1. The van der Waals surface area contributed by atoms with Crippen LogP contribution < -0.4 is 4.90 Å². The minimum absolute atomic E-state index is 0.507. The maximum absolute atomic E-state index is 5.78. The highest BCUT2D eigenvalue weighted by Gasteiger charge is 2.35. The molecule has 1 aromatic rings.